The molecule has 0 bridgehead atoms. The Kier molecular flexibility index (Phi) is 4.69. The van der Waals surface area contributed by atoms with E-state index in [4.69, 9.17) is 0 Å². The van der Waals surface area contributed by atoms with Gasteiger partial charge in [-0.2, -0.15) is 0 Å². The minimum Gasteiger partial charge on any atom is -0.386 e. The van der Waals surface area contributed by atoms with E-state index in [0.717, 1.165) is 5.56 Å². The molecule has 0 saturated heterocycles. The Labute approximate surface area is 134 Å². The fraction of sp³-hybridized carbons (Fsp3) is 0.278. The van der Waals surface area contributed by atoms with Crippen molar-refractivity contribution in [1.29, 1.82) is 0 Å². The molecule has 2 aromatic carbocycles. The predicted molar refractivity (Wildman–Crippen MR) is 85.1 cm³/mol. The molecule has 1 amide bonds. The van der Waals surface area contributed by atoms with Gasteiger partial charge < -0.3 is 15.7 Å². The van der Waals surface area contributed by atoms with Crippen LogP contribution in [0.4, 0.5) is 4.39 Å². The Morgan fingerprint density at radius 3 is 2.70 bits per heavy atom. The van der Waals surface area contributed by atoms with Crippen LogP contribution < -0.4 is 10.6 Å². The van der Waals surface area contributed by atoms with Gasteiger partial charge in [0.2, 0.25) is 5.91 Å². The van der Waals surface area contributed by atoms with Gasteiger partial charge in [0.15, 0.2) is 0 Å². The molecule has 0 saturated carbocycles. The monoisotopic (exact) mass is 314 g/mol. The maximum absolute atomic E-state index is 13.6. The number of aliphatic hydroxyl groups is 1. The highest BCUT2D eigenvalue weighted by Gasteiger charge is 2.24. The number of aliphatic hydroxyl groups excluding tert-OH is 1. The van der Waals surface area contributed by atoms with Crippen molar-refractivity contribution < 1.29 is 14.3 Å². The Hall–Kier alpha value is -2.24. The van der Waals surface area contributed by atoms with E-state index in [-0.39, 0.29) is 24.1 Å². The molecule has 0 radical (unpaired) electrons. The maximum atomic E-state index is 13.6. The summed E-state index contributed by atoms with van der Waals surface area (Å²) in [5.41, 5.74) is 2.54. The van der Waals surface area contributed by atoms with E-state index in [0.29, 0.717) is 13.0 Å². The van der Waals surface area contributed by atoms with Crippen LogP contribution >= 0.6 is 0 Å². The third-order valence-corrected chi connectivity index (χ3v) is 4.13. The predicted octanol–water partition coefficient (Wildman–Crippen LogP) is 1.69. The van der Waals surface area contributed by atoms with Crippen molar-refractivity contribution in [2.45, 2.75) is 25.1 Å². The first kappa shape index (κ1) is 15.6. The number of fused-ring (bicyclic) bond motifs is 1. The fourth-order valence-electron chi connectivity index (χ4n) is 2.82. The van der Waals surface area contributed by atoms with Gasteiger partial charge in [0.25, 0.3) is 0 Å². The Morgan fingerprint density at radius 1 is 1.22 bits per heavy atom. The van der Waals surface area contributed by atoms with Gasteiger partial charge in [-0.1, -0.05) is 42.5 Å². The van der Waals surface area contributed by atoms with Gasteiger partial charge in [0.05, 0.1) is 12.1 Å². The summed E-state index contributed by atoms with van der Waals surface area (Å²) in [7, 11) is 0. The number of benzene rings is 2. The topological polar surface area (TPSA) is 61.4 Å². The highest BCUT2D eigenvalue weighted by Crippen LogP contribution is 2.17. The second kappa shape index (κ2) is 6.89. The second-order valence-electron chi connectivity index (χ2n) is 5.69. The molecular weight excluding hydrogens is 295 g/mol. The quantitative estimate of drug-likeness (QED) is 0.805. The molecule has 0 aromatic heterocycles. The second-order valence-corrected chi connectivity index (χ2v) is 5.69. The molecule has 1 aliphatic heterocycles. The Bertz CT molecular complexity index is 705. The van der Waals surface area contributed by atoms with Crippen LogP contribution in [0.5, 0.6) is 0 Å². The summed E-state index contributed by atoms with van der Waals surface area (Å²) >= 11 is 0. The van der Waals surface area contributed by atoms with Gasteiger partial charge >= 0.3 is 0 Å². The van der Waals surface area contributed by atoms with E-state index in [1.807, 2.05) is 24.3 Å². The molecule has 2 aromatic rings. The number of halogens is 1. The molecule has 1 aliphatic rings. The standard InChI is InChI=1S/C18H19FN2O2/c19-15-8-4-3-7-14(15)17(22)11-21-18(23)16-9-12-5-1-2-6-13(12)10-20-16/h1-8,16-17,20,22H,9-11H2,(H,21,23). The number of rotatable bonds is 4. The van der Waals surface area contributed by atoms with Crippen LogP contribution in [0.1, 0.15) is 22.8 Å². The third-order valence-electron chi connectivity index (χ3n) is 4.13. The Morgan fingerprint density at radius 2 is 1.91 bits per heavy atom. The van der Waals surface area contributed by atoms with Crippen molar-refractivity contribution >= 4 is 5.91 Å². The minimum atomic E-state index is -1.06. The van der Waals surface area contributed by atoms with E-state index in [9.17, 15) is 14.3 Å². The van der Waals surface area contributed by atoms with Gasteiger partial charge in [-0.15, -0.1) is 0 Å². The van der Waals surface area contributed by atoms with E-state index in [2.05, 4.69) is 10.6 Å². The first-order valence-electron chi connectivity index (χ1n) is 7.65. The van der Waals surface area contributed by atoms with Crippen molar-refractivity contribution in [2.75, 3.05) is 6.54 Å². The van der Waals surface area contributed by atoms with Gasteiger partial charge in [-0.25, -0.2) is 4.39 Å². The molecule has 0 fully saturated rings. The van der Waals surface area contributed by atoms with Crippen molar-refractivity contribution in [3.63, 3.8) is 0 Å². The summed E-state index contributed by atoms with van der Waals surface area (Å²) in [6.07, 6.45) is -0.450. The van der Waals surface area contributed by atoms with Crippen LogP contribution in [-0.4, -0.2) is 23.6 Å². The molecule has 3 rings (SSSR count). The van der Waals surface area contributed by atoms with Gasteiger partial charge in [-0.3, -0.25) is 4.79 Å². The molecule has 2 atom stereocenters. The molecule has 4 nitrogen and oxygen atoms in total. The molecule has 2 unspecified atom stereocenters. The fourth-order valence-corrected chi connectivity index (χ4v) is 2.82. The highest BCUT2D eigenvalue weighted by atomic mass is 19.1. The third kappa shape index (κ3) is 3.57. The first-order valence-corrected chi connectivity index (χ1v) is 7.65. The van der Waals surface area contributed by atoms with Crippen molar-refractivity contribution in [2.24, 2.45) is 0 Å². The first-order chi connectivity index (χ1) is 11.1. The molecular formula is C18H19FN2O2. The van der Waals surface area contributed by atoms with E-state index in [1.165, 1.54) is 17.7 Å². The molecule has 0 spiro atoms. The lowest BCUT2D eigenvalue weighted by atomic mass is 9.95. The van der Waals surface area contributed by atoms with Crippen LogP contribution in [0.15, 0.2) is 48.5 Å². The number of hydrogen-bond donors (Lipinski definition) is 3. The Balaban J connectivity index is 1.57. The summed E-state index contributed by atoms with van der Waals surface area (Å²) in [5, 5.41) is 15.9. The molecule has 3 N–H and O–H groups in total. The zero-order chi connectivity index (χ0) is 16.2. The number of hydrogen-bond acceptors (Lipinski definition) is 3. The van der Waals surface area contributed by atoms with Crippen molar-refractivity contribution in [3.8, 4) is 0 Å². The average Bonchev–Trinajstić information content (AvgIpc) is 2.59. The lowest BCUT2D eigenvalue weighted by Gasteiger charge is -2.25. The molecule has 5 heteroatoms. The largest absolute Gasteiger partial charge is 0.386 e. The average molecular weight is 314 g/mol. The van der Waals surface area contributed by atoms with E-state index in [1.54, 1.807) is 12.1 Å². The van der Waals surface area contributed by atoms with Crippen molar-refractivity contribution in [1.82, 2.24) is 10.6 Å². The normalized spacial score (nSPS) is 18.1. The van der Waals surface area contributed by atoms with Crippen LogP contribution in [-0.2, 0) is 17.8 Å². The number of amides is 1. The van der Waals surface area contributed by atoms with E-state index >= 15 is 0 Å². The molecule has 120 valence electrons. The minimum absolute atomic E-state index is 0.0143. The molecule has 1 heterocycles. The van der Waals surface area contributed by atoms with Gasteiger partial charge in [0, 0.05) is 18.7 Å². The summed E-state index contributed by atoms with van der Waals surface area (Å²) in [6.45, 7) is 0.629. The summed E-state index contributed by atoms with van der Waals surface area (Å²) in [5.74, 6) is -0.658. The van der Waals surface area contributed by atoms with E-state index < -0.39 is 11.9 Å². The van der Waals surface area contributed by atoms with Crippen LogP contribution in [0, 0.1) is 5.82 Å². The highest BCUT2D eigenvalue weighted by molar-refractivity contribution is 5.82. The summed E-state index contributed by atoms with van der Waals surface area (Å²) < 4.78 is 13.6. The SMILES string of the molecule is O=C(NCC(O)c1ccccc1F)C1Cc2ccccc2CN1. The summed E-state index contributed by atoms with van der Waals surface area (Å²) in [6, 6.07) is 13.7. The van der Waals surface area contributed by atoms with Crippen molar-refractivity contribution in [3.05, 3.63) is 71.0 Å². The zero-order valence-electron chi connectivity index (χ0n) is 12.6. The smallest absolute Gasteiger partial charge is 0.237 e. The lowest BCUT2D eigenvalue weighted by molar-refractivity contribution is -0.123. The molecule has 0 aliphatic carbocycles. The maximum Gasteiger partial charge on any atom is 0.237 e. The van der Waals surface area contributed by atoms with Crippen LogP contribution in [0.25, 0.3) is 0 Å². The summed E-state index contributed by atoms with van der Waals surface area (Å²) in [4.78, 5) is 12.3. The molecule has 23 heavy (non-hydrogen) atoms. The number of nitrogens with one attached hydrogen (secondary N) is 2. The number of carbonyl (C=O) groups is 1. The zero-order valence-corrected chi connectivity index (χ0v) is 12.6. The van der Waals surface area contributed by atoms with Crippen LogP contribution in [0.2, 0.25) is 0 Å². The van der Waals surface area contributed by atoms with Crippen LogP contribution in [0.3, 0.4) is 0 Å². The van der Waals surface area contributed by atoms with Gasteiger partial charge in [-0.05, 0) is 23.6 Å². The van der Waals surface area contributed by atoms with Gasteiger partial charge in [0.1, 0.15) is 5.82 Å². The lowest BCUT2D eigenvalue weighted by Crippen LogP contribution is -2.48. The number of carbonyl (C=O) groups excluding carboxylic acids is 1.